The van der Waals surface area contributed by atoms with Crippen molar-refractivity contribution in [2.75, 3.05) is 13.1 Å². The van der Waals surface area contributed by atoms with Gasteiger partial charge in [0.25, 0.3) is 5.92 Å². The van der Waals surface area contributed by atoms with Crippen molar-refractivity contribution in [1.29, 1.82) is 0 Å². The molecule has 0 N–H and O–H groups in total. The van der Waals surface area contributed by atoms with Crippen LogP contribution in [0.25, 0.3) is 0 Å². The fraction of sp³-hybridized carbons (Fsp3) is 0.650. The van der Waals surface area contributed by atoms with Crippen LogP contribution in [0.2, 0.25) is 0 Å². The van der Waals surface area contributed by atoms with E-state index in [2.05, 4.69) is 0 Å². The van der Waals surface area contributed by atoms with Gasteiger partial charge < -0.3 is 14.2 Å². The number of likely N-dealkylation sites (tertiary alicyclic amines) is 1. The molecule has 2 aliphatic heterocycles. The average molecular weight is 379 g/mol. The number of benzene rings is 1. The maximum Gasteiger partial charge on any atom is 0.495 e. The normalized spacial score (nSPS) is 23.5. The Hall–Kier alpha value is -1.47. The Morgan fingerprint density at radius 2 is 1.67 bits per heavy atom. The molecule has 0 bridgehead atoms. The molecule has 2 fully saturated rings. The number of alkyl halides is 2. The first-order valence-electron chi connectivity index (χ1n) is 9.51. The first-order chi connectivity index (χ1) is 12.4. The van der Waals surface area contributed by atoms with E-state index in [1.54, 1.807) is 0 Å². The van der Waals surface area contributed by atoms with Gasteiger partial charge in [-0.2, -0.15) is 0 Å². The highest BCUT2D eigenvalue weighted by molar-refractivity contribution is 6.62. The summed E-state index contributed by atoms with van der Waals surface area (Å²) in [5, 5.41) is 0. The smallest absolute Gasteiger partial charge is 0.399 e. The lowest BCUT2D eigenvalue weighted by molar-refractivity contribution is -0.136. The molecule has 7 heteroatoms. The second-order valence-electron chi connectivity index (χ2n) is 8.69. The lowest BCUT2D eigenvalue weighted by Gasteiger charge is -2.32. The summed E-state index contributed by atoms with van der Waals surface area (Å²) in [6.45, 7) is 10.3. The molecule has 27 heavy (non-hydrogen) atoms. The number of hydrogen-bond acceptors (Lipinski definition) is 3. The van der Waals surface area contributed by atoms with Crippen LogP contribution in [0.1, 0.15) is 51.7 Å². The van der Waals surface area contributed by atoms with Crippen LogP contribution in [-0.2, 0) is 20.5 Å². The predicted octanol–water partition coefficient (Wildman–Crippen LogP) is 3.09. The highest BCUT2D eigenvalue weighted by Crippen LogP contribution is 2.36. The lowest BCUT2D eigenvalue weighted by atomic mass is 9.75. The molecule has 2 heterocycles. The molecule has 0 aliphatic carbocycles. The standard InChI is InChI=1S/C20H28BF2NO3/c1-14-12-15(13-17(25)24-10-8-20(22,23)9-11-24)6-7-16(14)21-26-18(2,3)19(4,5)27-21/h6-7,12H,8-11,13H2,1-5H3. The van der Waals surface area contributed by atoms with E-state index in [-0.39, 0.29) is 38.3 Å². The fourth-order valence-corrected chi connectivity index (χ4v) is 3.45. The molecule has 1 aromatic rings. The summed E-state index contributed by atoms with van der Waals surface area (Å²) in [4.78, 5) is 14.0. The summed E-state index contributed by atoms with van der Waals surface area (Å²) < 4.78 is 38.7. The maximum atomic E-state index is 13.3. The second-order valence-corrected chi connectivity index (χ2v) is 8.69. The van der Waals surface area contributed by atoms with Gasteiger partial charge in [-0.1, -0.05) is 23.8 Å². The molecule has 0 aromatic heterocycles. The topological polar surface area (TPSA) is 38.8 Å². The minimum atomic E-state index is -2.64. The summed E-state index contributed by atoms with van der Waals surface area (Å²) in [6, 6.07) is 5.78. The Kier molecular flexibility index (Phi) is 5.14. The Bertz CT molecular complexity index is 710. The fourth-order valence-electron chi connectivity index (χ4n) is 3.45. The van der Waals surface area contributed by atoms with Crippen LogP contribution in [0.5, 0.6) is 0 Å². The van der Waals surface area contributed by atoms with Crippen LogP contribution in [-0.4, -0.2) is 48.1 Å². The summed E-state index contributed by atoms with van der Waals surface area (Å²) >= 11 is 0. The van der Waals surface area contributed by atoms with Crippen molar-refractivity contribution in [1.82, 2.24) is 4.90 Å². The molecule has 0 saturated carbocycles. The van der Waals surface area contributed by atoms with Gasteiger partial charge in [0, 0.05) is 25.9 Å². The quantitative estimate of drug-likeness (QED) is 0.758. The zero-order valence-electron chi connectivity index (χ0n) is 16.8. The van der Waals surface area contributed by atoms with Crippen LogP contribution in [0.3, 0.4) is 0 Å². The highest BCUT2D eigenvalue weighted by atomic mass is 19.3. The summed E-state index contributed by atoms with van der Waals surface area (Å²) in [7, 11) is -0.441. The van der Waals surface area contributed by atoms with Crippen molar-refractivity contribution in [3.8, 4) is 0 Å². The van der Waals surface area contributed by atoms with Crippen molar-refractivity contribution in [3.63, 3.8) is 0 Å². The number of nitrogens with zero attached hydrogens (tertiary/aromatic N) is 1. The lowest BCUT2D eigenvalue weighted by Crippen LogP contribution is -2.43. The van der Waals surface area contributed by atoms with Gasteiger partial charge in [-0.05, 0) is 45.6 Å². The van der Waals surface area contributed by atoms with E-state index in [0.29, 0.717) is 0 Å². The molecule has 1 amide bonds. The van der Waals surface area contributed by atoms with Crippen LogP contribution in [0.15, 0.2) is 18.2 Å². The third-order valence-corrected chi connectivity index (χ3v) is 6.04. The molecule has 0 unspecified atom stereocenters. The van der Waals surface area contributed by atoms with Gasteiger partial charge in [0.15, 0.2) is 0 Å². The van der Waals surface area contributed by atoms with E-state index >= 15 is 0 Å². The molecule has 0 atom stereocenters. The number of amides is 1. The van der Waals surface area contributed by atoms with Gasteiger partial charge in [0.2, 0.25) is 5.91 Å². The predicted molar refractivity (Wildman–Crippen MR) is 101 cm³/mol. The zero-order valence-corrected chi connectivity index (χ0v) is 16.8. The number of hydrogen-bond donors (Lipinski definition) is 0. The van der Waals surface area contributed by atoms with E-state index in [9.17, 15) is 13.6 Å². The van der Waals surface area contributed by atoms with Gasteiger partial charge in [0.1, 0.15) is 0 Å². The van der Waals surface area contributed by atoms with E-state index in [1.165, 1.54) is 4.90 Å². The van der Waals surface area contributed by atoms with Crippen molar-refractivity contribution < 1.29 is 22.9 Å². The van der Waals surface area contributed by atoms with Crippen molar-refractivity contribution in [2.45, 2.75) is 71.0 Å². The zero-order chi connectivity index (χ0) is 20.0. The van der Waals surface area contributed by atoms with Gasteiger partial charge in [-0.25, -0.2) is 8.78 Å². The van der Waals surface area contributed by atoms with E-state index in [4.69, 9.17) is 9.31 Å². The van der Waals surface area contributed by atoms with E-state index < -0.39 is 24.2 Å². The minimum absolute atomic E-state index is 0.103. The van der Waals surface area contributed by atoms with Crippen LogP contribution < -0.4 is 5.46 Å². The Morgan fingerprint density at radius 1 is 1.11 bits per heavy atom. The van der Waals surface area contributed by atoms with Crippen LogP contribution in [0.4, 0.5) is 8.78 Å². The van der Waals surface area contributed by atoms with Crippen LogP contribution in [0, 0.1) is 6.92 Å². The Labute approximate surface area is 160 Å². The molecule has 148 valence electrons. The van der Waals surface area contributed by atoms with Gasteiger partial charge >= 0.3 is 7.12 Å². The summed E-state index contributed by atoms with van der Waals surface area (Å²) in [5.74, 6) is -2.74. The molecule has 0 radical (unpaired) electrons. The monoisotopic (exact) mass is 379 g/mol. The molecular formula is C20H28BF2NO3. The Morgan fingerprint density at radius 3 is 2.19 bits per heavy atom. The first-order valence-corrected chi connectivity index (χ1v) is 9.51. The molecular weight excluding hydrogens is 351 g/mol. The second kappa shape index (κ2) is 6.85. The van der Waals surface area contributed by atoms with E-state index in [0.717, 1.165) is 16.6 Å². The SMILES string of the molecule is Cc1cc(CC(=O)N2CCC(F)(F)CC2)ccc1B1OC(C)(C)C(C)(C)O1. The molecule has 3 rings (SSSR count). The average Bonchev–Trinajstić information content (AvgIpc) is 2.75. The molecule has 2 aliphatic rings. The molecule has 2 saturated heterocycles. The highest BCUT2D eigenvalue weighted by Gasteiger charge is 2.52. The Balaban J connectivity index is 1.66. The number of carbonyl (C=O) groups is 1. The number of rotatable bonds is 3. The number of halogens is 2. The van der Waals surface area contributed by atoms with Crippen LogP contribution >= 0.6 is 0 Å². The largest absolute Gasteiger partial charge is 0.495 e. The molecule has 0 spiro atoms. The third kappa shape index (κ3) is 4.19. The first kappa shape index (κ1) is 20.3. The summed E-state index contributed by atoms with van der Waals surface area (Å²) in [5.41, 5.74) is 1.99. The minimum Gasteiger partial charge on any atom is -0.399 e. The van der Waals surface area contributed by atoms with Gasteiger partial charge in [-0.15, -0.1) is 0 Å². The number of piperidine rings is 1. The maximum absolute atomic E-state index is 13.3. The molecule has 4 nitrogen and oxygen atoms in total. The van der Waals surface area contributed by atoms with Crippen molar-refractivity contribution in [2.24, 2.45) is 0 Å². The number of carbonyl (C=O) groups excluding carboxylic acids is 1. The van der Waals surface area contributed by atoms with Gasteiger partial charge in [-0.3, -0.25) is 4.79 Å². The van der Waals surface area contributed by atoms with Gasteiger partial charge in [0.05, 0.1) is 17.6 Å². The van der Waals surface area contributed by atoms with Crippen molar-refractivity contribution in [3.05, 3.63) is 29.3 Å². The third-order valence-electron chi connectivity index (χ3n) is 6.04. The molecule has 1 aromatic carbocycles. The number of aryl methyl sites for hydroxylation is 1. The van der Waals surface area contributed by atoms with E-state index in [1.807, 2.05) is 52.8 Å². The van der Waals surface area contributed by atoms with Crippen molar-refractivity contribution >= 4 is 18.5 Å². The summed E-state index contributed by atoms with van der Waals surface area (Å²) in [6.07, 6.45) is -0.284.